The number of nitrogens with zero attached hydrogens (tertiary/aromatic N) is 2. The van der Waals surface area contributed by atoms with Gasteiger partial charge >= 0.3 is 0 Å². The van der Waals surface area contributed by atoms with Crippen molar-refractivity contribution in [3.63, 3.8) is 0 Å². The van der Waals surface area contributed by atoms with Crippen molar-refractivity contribution in [1.82, 2.24) is 9.80 Å². The SMILES string of the molecule is CC(C)C(=O)N1CCN(/C=C/N)CC1. The van der Waals surface area contributed by atoms with Gasteiger partial charge in [-0.05, 0) is 0 Å². The molecular formula is C10H19N3O. The van der Waals surface area contributed by atoms with Gasteiger partial charge in [-0.25, -0.2) is 0 Å². The minimum Gasteiger partial charge on any atom is -0.403 e. The first-order chi connectivity index (χ1) is 6.65. The lowest BCUT2D eigenvalue weighted by Crippen LogP contribution is -2.48. The number of hydrogen-bond acceptors (Lipinski definition) is 3. The van der Waals surface area contributed by atoms with Crippen molar-refractivity contribution in [2.24, 2.45) is 11.7 Å². The fourth-order valence-electron chi connectivity index (χ4n) is 1.58. The highest BCUT2D eigenvalue weighted by molar-refractivity contribution is 5.78. The van der Waals surface area contributed by atoms with Gasteiger partial charge in [0.1, 0.15) is 0 Å². The maximum absolute atomic E-state index is 11.6. The van der Waals surface area contributed by atoms with Gasteiger partial charge in [-0.2, -0.15) is 0 Å². The summed E-state index contributed by atoms with van der Waals surface area (Å²) in [5.74, 6) is 0.355. The van der Waals surface area contributed by atoms with E-state index in [1.165, 1.54) is 0 Å². The number of nitrogens with two attached hydrogens (primary N) is 1. The van der Waals surface area contributed by atoms with Crippen LogP contribution in [0.25, 0.3) is 0 Å². The summed E-state index contributed by atoms with van der Waals surface area (Å²) >= 11 is 0. The van der Waals surface area contributed by atoms with Crippen LogP contribution in [0.2, 0.25) is 0 Å². The van der Waals surface area contributed by atoms with Gasteiger partial charge < -0.3 is 15.5 Å². The maximum atomic E-state index is 11.6. The number of carbonyl (C=O) groups is 1. The first-order valence-electron chi connectivity index (χ1n) is 5.06. The molecule has 0 radical (unpaired) electrons. The Labute approximate surface area is 85.3 Å². The van der Waals surface area contributed by atoms with Crippen molar-refractivity contribution < 1.29 is 4.79 Å². The van der Waals surface area contributed by atoms with Crippen LogP contribution in [0.1, 0.15) is 13.8 Å². The van der Waals surface area contributed by atoms with Gasteiger partial charge in [0, 0.05) is 44.5 Å². The zero-order valence-electron chi connectivity index (χ0n) is 8.94. The van der Waals surface area contributed by atoms with E-state index in [-0.39, 0.29) is 11.8 Å². The quantitative estimate of drug-likeness (QED) is 0.689. The third-order valence-corrected chi connectivity index (χ3v) is 2.42. The maximum Gasteiger partial charge on any atom is 0.225 e. The monoisotopic (exact) mass is 197 g/mol. The summed E-state index contributed by atoms with van der Waals surface area (Å²) < 4.78 is 0. The van der Waals surface area contributed by atoms with Crippen molar-refractivity contribution >= 4 is 5.91 Å². The lowest BCUT2D eigenvalue weighted by atomic mass is 10.1. The molecule has 0 aliphatic carbocycles. The van der Waals surface area contributed by atoms with Crippen molar-refractivity contribution in [3.8, 4) is 0 Å². The van der Waals surface area contributed by atoms with Crippen LogP contribution in [0, 0.1) is 5.92 Å². The van der Waals surface area contributed by atoms with E-state index in [2.05, 4.69) is 4.90 Å². The van der Waals surface area contributed by atoms with Crippen LogP contribution >= 0.6 is 0 Å². The third-order valence-electron chi connectivity index (χ3n) is 2.42. The average Bonchev–Trinajstić information content (AvgIpc) is 2.18. The molecule has 0 aromatic carbocycles. The predicted octanol–water partition coefficient (Wildman–Crippen LogP) is 0.217. The highest BCUT2D eigenvalue weighted by Crippen LogP contribution is 2.06. The summed E-state index contributed by atoms with van der Waals surface area (Å²) in [6.45, 7) is 7.25. The molecule has 4 nitrogen and oxygen atoms in total. The van der Waals surface area contributed by atoms with Gasteiger partial charge in [-0.15, -0.1) is 0 Å². The van der Waals surface area contributed by atoms with Gasteiger partial charge in [-0.1, -0.05) is 13.8 Å². The van der Waals surface area contributed by atoms with Crippen molar-refractivity contribution in [1.29, 1.82) is 0 Å². The number of carbonyl (C=O) groups excluding carboxylic acids is 1. The van der Waals surface area contributed by atoms with E-state index in [4.69, 9.17) is 5.73 Å². The zero-order valence-corrected chi connectivity index (χ0v) is 8.94. The third kappa shape index (κ3) is 2.65. The molecular weight excluding hydrogens is 178 g/mol. The van der Waals surface area contributed by atoms with Gasteiger partial charge in [0.05, 0.1) is 0 Å². The van der Waals surface area contributed by atoms with Crippen LogP contribution in [0.3, 0.4) is 0 Å². The van der Waals surface area contributed by atoms with E-state index in [9.17, 15) is 4.79 Å². The smallest absolute Gasteiger partial charge is 0.225 e. The Hall–Kier alpha value is -1.19. The van der Waals surface area contributed by atoms with Crippen LogP contribution in [-0.2, 0) is 4.79 Å². The van der Waals surface area contributed by atoms with Crippen LogP contribution in [0.15, 0.2) is 12.4 Å². The molecule has 14 heavy (non-hydrogen) atoms. The van der Waals surface area contributed by atoms with Crippen LogP contribution in [-0.4, -0.2) is 41.9 Å². The first kappa shape index (κ1) is 10.9. The Kier molecular flexibility index (Phi) is 3.80. The molecule has 0 saturated carbocycles. The second-order valence-electron chi connectivity index (χ2n) is 3.86. The Balaban J connectivity index is 2.39. The topological polar surface area (TPSA) is 49.6 Å². The molecule has 1 amide bonds. The van der Waals surface area contributed by atoms with Crippen LogP contribution in [0.5, 0.6) is 0 Å². The van der Waals surface area contributed by atoms with E-state index < -0.39 is 0 Å². The molecule has 0 aromatic rings. The van der Waals surface area contributed by atoms with Crippen LogP contribution in [0.4, 0.5) is 0 Å². The standard InChI is InChI=1S/C10H19N3O/c1-9(2)10(14)13-7-5-12(4-3-11)6-8-13/h3-4,9H,5-8,11H2,1-2H3/b4-3+. The molecule has 1 rings (SSSR count). The molecule has 4 heteroatoms. The van der Waals surface area contributed by atoms with Crippen molar-refractivity contribution in [2.75, 3.05) is 26.2 Å². The van der Waals surface area contributed by atoms with Gasteiger partial charge in [0.2, 0.25) is 5.91 Å². The lowest BCUT2D eigenvalue weighted by Gasteiger charge is -2.34. The molecule has 0 bridgehead atoms. The molecule has 0 unspecified atom stereocenters. The normalized spacial score (nSPS) is 18.2. The van der Waals surface area contributed by atoms with Crippen molar-refractivity contribution in [3.05, 3.63) is 12.4 Å². The molecule has 0 spiro atoms. The summed E-state index contributed by atoms with van der Waals surface area (Å²) in [5.41, 5.74) is 5.30. The molecule has 1 aliphatic rings. The summed E-state index contributed by atoms with van der Waals surface area (Å²) in [6, 6.07) is 0. The molecule has 80 valence electrons. The second-order valence-corrected chi connectivity index (χ2v) is 3.86. The number of hydrogen-bond donors (Lipinski definition) is 1. The minimum atomic E-state index is 0.103. The minimum absolute atomic E-state index is 0.103. The van der Waals surface area contributed by atoms with E-state index >= 15 is 0 Å². The van der Waals surface area contributed by atoms with E-state index in [0.29, 0.717) is 0 Å². The number of rotatable bonds is 2. The lowest BCUT2D eigenvalue weighted by molar-refractivity contribution is -0.135. The van der Waals surface area contributed by atoms with Crippen molar-refractivity contribution in [2.45, 2.75) is 13.8 Å². The largest absolute Gasteiger partial charge is 0.403 e. The highest BCUT2D eigenvalue weighted by atomic mass is 16.2. The van der Waals surface area contributed by atoms with E-state index in [1.54, 1.807) is 6.20 Å². The molecule has 0 atom stereocenters. The second kappa shape index (κ2) is 4.88. The summed E-state index contributed by atoms with van der Waals surface area (Å²) in [6.07, 6.45) is 3.41. The van der Waals surface area contributed by atoms with E-state index in [1.807, 2.05) is 24.9 Å². The molecule has 0 aromatic heterocycles. The molecule has 1 aliphatic heterocycles. The average molecular weight is 197 g/mol. The Morgan fingerprint density at radius 1 is 1.29 bits per heavy atom. The summed E-state index contributed by atoms with van der Waals surface area (Å²) in [5, 5.41) is 0. The number of amides is 1. The highest BCUT2D eigenvalue weighted by Gasteiger charge is 2.20. The fraction of sp³-hybridized carbons (Fsp3) is 0.700. The van der Waals surface area contributed by atoms with Gasteiger partial charge in [0.15, 0.2) is 0 Å². The summed E-state index contributed by atoms with van der Waals surface area (Å²) in [4.78, 5) is 15.7. The molecule has 1 fully saturated rings. The Morgan fingerprint density at radius 2 is 1.86 bits per heavy atom. The number of piperazine rings is 1. The van der Waals surface area contributed by atoms with Gasteiger partial charge in [0.25, 0.3) is 0 Å². The van der Waals surface area contributed by atoms with Gasteiger partial charge in [-0.3, -0.25) is 4.79 Å². The summed E-state index contributed by atoms with van der Waals surface area (Å²) in [7, 11) is 0. The molecule has 2 N–H and O–H groups in total. The Morgan fingerprint density at radius 3 is 2.29 bits per heavy atom. The first-order valence-corrected chi connectivity index (χ1v) is 5.06. The van der Waals surface area contributed by atoms with E-state index in [0.717, 1.165) is 26.2 Å². The molecule has 1 heterocycles. The predicted molar refractivity (Wildman–Crippen MR) is 56.3 cm³/mol. The molecule has 1 saturated heterocycles. The fourth-order valence-corrected chi connectivity index (χ4v) is 1.58. The van der Waals surface area contributed by atoms with Crippen LogP contribution < -0.4 is 5.73 Å². The Bertz CT molecular complexity index is 217. The zero-order chi connectivity index (χ0) is 10.6.